The van der Waals surface area contributed by atoms with E-state index in [1.54, 1.807) is 11.3 Å². The summed E-state index contributed by atoms with van der Waals surface area (Å²) in [6.45, 7) is 1.24. The van der Waals surface area contributed by atoms with Crippen molar-refractivity contribution in [2.45, 2.75) is 51.0 Å². The van der Waals surface area contributed by atoms with Gasteiger partial charge in [0.05, 0.1) is 4.34 Å². The standard InChI is InChI=1S/C16H22ClNS/c17-15-6-5-14(19-15)9-16(10-18-13-3-4-13)8-11-1-2-12(16)7-11/h5-6,11-13,18H,1-4,7-10H2. The van der Waals surface area contributed by atoms with Gasteiger partial charge in [0.15, 0.2) is 0 Å². The highest BCUT2D eigenvalue weighted by molar-refractivity contribution is 7.16. The molecule has 0 spiro atoms. The Morgan fingerprint density at radius 3 is 2.74 bits per heavy atom. The molecular formula is C16H22ClNS. The third kappa shape index (κ3) is 2.48. The van der Waals surface area contributed by atoms with Gasteiger partial charge in [-0.2, -0.15) is 0 Å². The lowest BCUT2D eigenvalue weighted by atomic mass is 9.70. The van der Waals surface area contributed by atoms with Crippen molar-refractivity contribution in [1.82, 2.24) is 5.32 Å². The Morgan fingerprint density at radius 1 is 1.26 bits per heavy atom. The van der Waals surface area contributed by atoms with Gasteiger partial charge in [-0.1, -0.05) is 18.0 Å². The van der Waals surface area contributed by atoms with Crippen molar-refractivity contribution in [3.8, 4) is 0 Å². The molecule has 1 heterocycles. The zero-order chi connectivity index (χ0) is 12.9. The predicted molar refractivity (Wildman–Crippen MR) is 81.9 cm³/mol. The van der Waals surface area contributed by atoms with E-state index in [2.05, 4.69) is 17.4 Å². The van der Waals surface area contributed by atoms with Gasteiger partial charge in [-0.3, -0.25) is 0 Å². The summed E-state index contributed by atoms with van der Waals surface area (Å²) in [6, 6.07) is 5.15. The lowest BCUT2D eigenvalue weighted by Gasteiger charge is -2.38. The Balaban J connectivity index is 1.53. The van der Waals surface area contributed by atoms with Gasteiger partial charge in [0.1, 0.15) is 0 Å². The van der Waals surface area contributed by atoms with Crippen molar-refractivity contribution in [1.29, 1.82) is 0 Å². The molecule has 0 saturated heterocycles. The lowest BCUT2D eigenvalue weighted by molar-refractivity contribution is 0.157. The molecular weight excluding hydrogens is 274 g/mol. The van der Waals surface area contributed by atoms with Crippen LogP contribution in [0.2, 0.25) is 4.34 Å². The molecule has 2 bridgehead atoms. The second-order valence-electron chi connectivity index (χ2n) is 6.98. The third-order valence-corrected chi connectivity index (χ3v) is 6.81. The van der Waals surface area contributed by atoms with Crippen LogP contribution in [0.5, 0.6) is 0 Å². The van der Waals surface area contributed by atoms with Gasteiger partial charge >= 0.3 is 0 Å². The van der Waals surface area contributed by atoms with Crippen LogP contribution >= 0.6 is 22.9 Å². The lowest BCUT2D eigenvalue weighted by Crippen LogP contribution is -2.41. The molecule has 0 aromatic carbocycles. The Bertz CT molecular complexity index is 467. The van der Waals surface area contributed by atoms with E-state index in [4.69, 9.17) is 11.6 Å². The van der Waals surface area contributed by atoms with Gasteiger partial charge in [0, 0.05) is 17.5 Å². The molecule has 3 saturated carbocycles. The second kappa shape index (κ2) is 4.75. The molecule has 3 atom stereocenters. The van der Waals surface area contributed by atoms with Gasteiger partial charge in [0.25, 0.3) is 0 Å². The van der Waals surface area contributed by atoms with Crippen LogP contribution in [0.25, 0.3) is 0 Å². The summed E-state index contributed by atoms with van der Waals surface area (Å²) in [5.74, 6) is 1.98. The quantitative estimate of drug-likeness (QED) is 0.843. The molecule has 3 aliphatic carbocycles. The van der Waals surface area contributed by atoms with Gasteiger partial charge in [0.2, 0.25) is 0 Å². The molecule has 1 aromatic heterocycles. The number of hydrogen-bond donors (Lipinski definition) is 1. The highest BCUT2D eigenvalue weighted by Crippen LogP contribution is 2.57. The Kier molecular flexibility index (Phi) is 3.17. The maximum Gasteiger partial charge on any atom is 0.0931 e. The number of fused-ring (bicyclic) bond motifs is 2. The van der Waals surface area contributed by atoms with Crippen molar-refractivity contribution in [3.05, 3.63) is 21.3 Å². The minimum atomic E-state index is 0.541. The molecule has 0 radical (unpaired) electrons. The van der Waals surface area contributed by atoms with Crippen LogP contribution in [0.4, 0.5) is 0 Å². The van der Waals surface area contributed by atoms with E-state index in [1.165, 1.54) is 56.4 Å². The molecule has 1 aromatic rings. The number of thiophene rings is 1. The largest absolute Gasteiger partial charge is 0.313 e. The summed E-state index contributed by atoms with van der Waals surface area (Å²) in [6.07, 6.45) is 9.95. The first-order valence-corrected chi connectivity index (χ1v) is 8.91. The monoisotopic (exact) mass is 295 g/mol. The average Bonchev–Trinajstić information content (AvgIpc) is 2.80. The molecule has 3 unspecified atom stereocenters. The predicted octanol–water partition coefficient (Wildman–Crippen LogP) is 4.50. The number of nitrogens with one attached hydrogen (secondary N) is 1. The Hall–Kier alpha value is -0.0500. The van der Waals surface area contributed by atoms with Gasteiger partial charge in [-0.15, -0.1) is 11.3 Å². The molecule has 104 valence electrons. The SMILES string of the molecule is Clc1ccc(CC2(CNC3CC3)CC3CCC2C3)s1. The zero-order valence-corrected chi connectivity index (χ0v) is 12.9. The summed E-state index contributed by atoms with van der Waals surface area (Å²) >= 11 is 7.90. The van der Waals surface area contributed by atoms with Crippen molar-refractivity contribution < 1.29 is 0 Å². The van der Waals surface area contributed by atoms with E-state index < -0.39 is 0 Å². The maximum atomic E-state index is 6.11. The summed E-state index contributed by atoms with van der Waals surface area (Å²) < 4.78 is 0.948. The first-order valence-electron chi connectivity index (χ1n) is 7.71. The molecule has 3 heteroatoms. The zero-order valence-electron chi connectivity index (χ0n) is 11.3. The van der Waals surface area contributed by atoms with Gasteiger partial charge < -0.3 is 5.32 Å². The van der Waals surface area contributed by atoms with Crippen LogP contribution in [0.1, 0.15) is 43.4 Å². The third-order valence-electron chi connectivity index (χ3n) is 5.58. The fraction of sp³-hybridized carbons (Fsp3) is 0.750. The van der Waals surface area contributed by atoms with E-state index in [9.17, 15) is 0 Å². The van der Waals surface area contributed by atoms with E-state index in [1.807, 2.05) is 0 Å². The van der Waals surface area contributed by atoms with Crippen LogP contribution in [0.15, 0.2) is 12.1 Å². The minimum Gasteiger partial charge on any atom is -0.313 e. The van der Waals surface area contributed by atoms with Crippen molar-refractivity contribution in [2.75, 3.05) is 6.54 Å². The van der Waals surface area contributed by atoms with Crippen molar-refractivity contribution >= 4 is 22.9 Å². The molecule has 1 N–H and O–H groups in total. The average molecular weight is 296 g/mol. The fourth-order valence-corrected chi connectivity index (χ4v) is 5.72. The topological polar surface area (TPSA) is 12.0 Å². The van der Waals surface area contributed by atoms with Crippen LogP contribution in [0, 0.1) is 17.3 Å². The van der Waals surface area contributed by atoms with E-state index in [0.717, 1.165) is 22.2 Å². The second-order valence-corrected chi connectivity index (χ2v) is 8.78. The maximum absolute atomic E-state index is 6.11. The Morgan fingerprint density at radius 2 is 2.16 bits per heavy atom. The molecule has 0 amide bonds. The van der Waals surface area contributed by atoms with Crippen LogP contribution in [0.3, 0.4) is 0 Å². The summed E-state index contributed by atoms with van der Waals surface area (Å²) in [4.78, 5) is 1.50. The smallest absolute Gasteiger partial charge is 0.0931 e. The number of halogens is 1. The highest BCUT2D eigenvalue weighted by Gasteiger charge is 2.50. The molecule has 3 aliphatic rings. The highest BCUT2D eigenvalue weighted by atomic mass is 35.5. The van der Waals surface area contributed by atoms with Crippen LogP contribution < -0.4 is 5.32 Å². The molecule has 4 rings (SSSR count). The molecule has 0 aliphatic heterocycles. The van der Waals surface area contributed by atoms with Crippen molar-refractivity contribution in [2.24, 2.45) is 17.3 Å². The molecule has 19 heavy (non-hydrogen) atoms. The summed E-state index contributed by atoms with van der Waals surface area (Å²) in [5.41, 5.74) is 0.541. The van der Waals surface area contributed by atoms with E-state index in [0.29, 0.717) is 5.41 Å². The Labute approximate surface area is 124 Å². The summed E-state index contributed by atoms with van der Waals surface area (Å²) in [5, 5.41) is 3.82. The normalized spacial score (nSPS) is 37.1. The summed E-state index contributed by atoms with van der Waals surface area (Å²) in [7, 11) is 0. The van der Waals surface area contributed by atoms with E-state index >= 15 is 0 Å². The minimum absolute atomic E-state index is 0.541. The number of hydrogen-bond acceptors (Lipinski definition) is 2. The van der Waals surface area contributed by atoms with Crippen LogP contribution in [-0.2, 0) is 6.42 Å². The van der Waals surface area contributed by atoms with E-state index in [-0.39, 0.29) is 0 Å². The fourth-order valence-electron chi connectivity index (χ4n) is 4.48. The van der Waals surface area contributed by atoms with Gasteiger partial charge in [-0.25, -0.2) is 0 Å². The first kappa shape index (κ1) is 12.7. The van der Waals surface area contributed by atoms with Gasteiger partial charge in [-0.05, 0) is 67.9 Å². The molecule has 3 fully saturated rings. The van der Waals surface area contributed by atoms with Crippen molar-refractivity contribution in [3.63, 3.8) is 0 Å². The molecule has 1 nitrogen and oxygen atoms in total. The number of rotatable bonds is 5. The first-order chi connectivity index (χ1) is 9.23. The van der Waals surface area contributed by atoms with Crippen LogP contribution in [-0.4, -0.2) is 12.6 Å².